The number of sulfone groups is 1. The number of carbonyl (C=O) groups excluding carboxylic acids is 1. The number of amides is 1. The average molecular weight is 333 g/mol. The Balaban J connectivity index is 2.29. The van der Waals surface area contributed by atoms with Crippen molar-refractivity contribution < 1.29 is 13.2 Å². The van der Waals surface area contributed by atoms with E-state index < -0.39 is 15.7 Å². The smallest absolute Gasteiger partial charge is 0.248 e. The largest absolute Gasteiger partial charge is 0.366 e. The molecule has 1 aliphatic rings. The van der Waals surface area contributed by atoms with Gasteiger partial charge < -0.3 is 5.73 Å². The summed E-state index contributed by atoms with van der Waals surface area (Å²) in [7, 11) is -1.69. The summed E-state index contributed by atoms with van der Waals surface area (Å²) in [5.41, 5.74) is 7.54. The van der Waals surface area contributed by atoms with Gasteiger partial charge in [-0.3, -0.25) is 4.79 Å². The van der Waals surface area contributed by atoms with Crippen LogP contribution < -0.4 is 5.73 Å². The number of tetrazole rings is 1. The van der Waals surface area contributed by atoms with Crippen molar-refractivity contribution in [1.82, 2.24) is 20.2 Å². The fourth-order valence-corrected chi connectivity index (χ4v) is 4.33. The fraction of sp³-hybridized carbons (Fsp3) is 0.286. The van der Waals surface area contributed by atoms with Crippen LogP contribution in [0.1, 0.15) is 33.7 Å². The van der Waals surface area contributed by atoms with E-state index in [-0.39, 0.29) is 10.6 Å². The van der Waals surface area contributed by atoms with E-state index in [1.807, 2.05) is 0 Å². The minimum absolute atomic E-state index is 0.00642. The SMILES string of the molecule is Cc1c(C(N)=O)ccc2c1C(=Cc1nnnn1C)CCS2(=O)=O. The summed E-state index contributed by atoms with van der Waals surface area (Å²) < 4.78 is 26.2. The molecule has 0 bridgehead atoms. The van der Waals surface area contributed by atoms with Crippen LogP contribution in [0.3, 0.4) is 0 Å². The molecule has 0 saturated heterocycles. The minimum Gasteiger partial charge on any atom is -0.366 e. The quantitative estimate of drug-likeness (QED) is 0.845. The Kier molecular flexibility index (Phi) is 3.52. The summed E-state index contributed by atoms with van der Waals surface area (Å²) in [6, 6.07) is 2.90. The van der Waals surface area contributed by atoms with E-state index in [0.717, 1.165) is 5.57 Å². The van der Waals surface area contributed by atoms with Crippen LogP contribution in [0.15, 0.2) is 17.0 Å². The minimum atomic E-state index is -3.38. The van der Waals surface area contributed by atoms with Gasteiger partial charge in [-0.25, -0.2) is 13.1 Å². The molecule has 0 aliphatic carbocycles. The third kappa shape index (κ3) is 2.52. The monoisotopic (exact) mass is 333 g/mol. The Hall–Kier alpha value is -2.55. The van der Waals surface area contributed by atoms with Crippen LogP contribution in [0, 0.1) is 6.92 Å². The maximum Gasteiger partial charge on any atom is 0.248 e. The normalized spacial score (nSPS) is 17.9. The van der Waals surface area contributed by atoms with Crippen molar-refractivity contribution >= 4 is 27.4 Å². The molecule has 23 heavy (non-hydrogen) atoms. The Morgan fingerprint density at radius 2 is 2.13 bits per heavy atom. The molecule has 0 fully saturated rings. The number of aryl methyl sites for hydroxylation is 1. The van der Waals surface area contributed by atoms with Crippen molar-refractivity contribution in [2.45, 2.75) is 18.2 Å². The van der Waals surface area contributed by atoms with Gasteiger partial charge in [0, 0.05) is 18.2 Å². The molecule has 0 saturated carbocycles. The van der Waals surface area contributed by atoms with Gasteiger partial charge in [0.05, 0.1) is 10.6 Å². The second-order valence-electron chi connectivity index (χ2n) is 5.37. The lowest BCUT2D eigenvalue weighted by atomic mass is 9.93. The van der Waals surface area contributed by atoms with Gasteiger partial charge in [-0.2, -0.15) is 0 Å². The number of rotatable bonds is 2. The second-order valence-corrected chi connectivity index (χ2v) is 7.45. The van der Waals surface area contributed by atoms with Gasteiger partial charge in [-0.1, -0.05) is 0 Å². The van der Waals surface area contributed by atoms with E-state index in [1.165, 1.54) is 16.8 Å². The zero-order valence-electron chi connectivity index (χ0n) is 12.6. The van der Waals surface area contributed by atoms with Crippen LogP contribution in [0.2, 0.25) is 0 Å². The number of carbonyl (C=O) groups is 1. The van der Waals surface area contributed by atoms with Gasteiger partial charge in [-0.05, 0) is 53.1 Å². The number of aromatic nitrogens is 4. The first-order chi connectivity index (χ1) is 10.8. The zero-order valence-corrected chi connectivity index (χ0v) is 13.5. The van der Waals surface area contributed by atoms with E-state index in [2.05, 4.69) is 15.5 Å². The summed E-state index contributed by atoms with van der Waals surface area (Å²) in [4.78, 5) is 11.8. The maximum atomic E-state index is 12.3. The molecule has 0 spiro atoms. The zero-order chi connectivity index (χ0) is 16.8. The number of benzene rings is 1. The summed E-state index contributed by atoms with van der Waals surface area (Å²) in [6.07, 6.45) is 2.07. The lowest BCUT2D eigenvalue weighted by Crippen LogP contribution is -2.20. The van der Waals surface area contributed by atoms with Crippen molar-refractivity contribution in [2.24, 2.45) is 12.8 Å². The molecule has 8 nitrogen and oxygen atoms in total. The molecule has 1 aromatic heterocycles. The van der Waals surface area contributed by atoms with Crippen molar-refractivity contribution in [1.29, 1.82) is 0 Å². The highest BCUT2D eigenvalue weighted by Gasteiger charge is 2.29. The molecule has 0 atom stereocenters. The van der Waals surface area contributed by atoms with Gasteiger partial charge in [0.25, 0.3) is 0 Å². The van der Waals surface area contributed by atoms with E-state index in [9.17, 15) is 13.2 Å². The molecule has 0 unspecified atom stereocenters. The Bertz CT molecular complexity index is 943. The molecule has 0 radical (unpaired) electrons. The highest BCUT2D eigenvalue weighted by atomic mass is 32.2. The number of nitrogens with two attached hydrogens (primary N) is 1. The van der Waals surface area contributed by atoms with E-state index >= 15 is 0 Å². The number of primary amides is 1. The van der Waals surface area contributed by atoms with E-state index in [0.29, 0.717) is 28.9 Å². The van der Waals surface area contributed by atoms with Gasteiger partial charge in [0.1, 0.15) is 0 Å². The number of fused-ring (bicyclic) bond motifs is 1. The highest BCUT2D eigenvalue weighted by Crippen LogP contribution is 2.37. The van der Waals surface area contributed by atoms with Crippen LogP contribution in [0.4, 0.5) is 0 Å². The van der Waals surface area contributed by atoms with Crippen LogP contribution in [0.5, 0.6) is 0 Å². The predicted octanol–water partition coefficient (Wildman–Crippen LogP) is 0.335. The molecule has 9 heteroatoms. The topological polar surface area (TPSA) is 121 Å². The van der Waals surface area contributed by atoms with Crippen LogP contribution in [0.25, 0.3) is 11.6 Å². The molecule has 1 aromatic carbocycles. The molecule has 120 valence electrons. The van der Waals surface area contributed by atoms with Crippen molar-refractivity contribution in [3.8, 4) is 0 Å². The summed E-state index contributed by atoms with van der Waals surface area (Å²) in [5.74, 6) is -0.0750. The van der Waals surface area contributed by atoms with Crippen molar-refractivity contribution in [2.75, 3.05) is 5.75 Å². The van der Waals surface area contributed by atoms with Crippen LogP contribution in [-0.2, 0) is 16.9 Å². The van der Waals surface area contributed by atoms with Crippen molar-refractivity contribution in [3.05, 3.63) is 34.6 Å². The Labute approximate surface area is 132 Å². The third-order valence-corrected chi connectivity index (χ3v) is 5.70. The average Bonchev–Trinajstić information content (AvgIpc) is 2.87. The molecule has 2 aromatic rings. The predicted molar refractivity (Wildman–Crippen MR) is 83.0 cm³/mol. The third-order valence-electron chi connectivity index (χ3n) is 3.94. The number of hydrogen-bond acceptors (Lipinski definition) is 6. The van der Waals surface area contributed by atoms with Gasteiger partial charge in [0.15, 0.2) is 15.7 Å². The first-order valence-corrected chi connectivity index (χ1v) is 8.56. The van der Waals surface area contributed by atoms with E-state index in [1.54, 1.807) is 20.0 Å². The Morgan fingerprint density at radius 3 is 2.74 bits per heavy atom. The standard InChI is InChI=1S/C14H15N5O3S/c1-8-10(14(15)20)3-4-11-13(8)9(5-6-23(11,21)22)7-12-16-17-18-19(12)2/h3-4,7H,5-6H2,1-2H3,(H2,15,20). The maximum absolute atomic E-state index is 12.3. The lowest BCUT2D eigenvalue weighted by molar-refractivity contribution is 0.0999. The number of nitrogens with zero attached hydrogens (tertiary/aromatic N) is 4. The molecule has 2 N–H and O–H groups in total. The summed E-state index contributed by atoms with van der Waals surface area (Å²) in [6.45, 7) is 1.70. The number of allylic oxidation sites excluding steroid dienone is 1. The molecule has 2 heterocycles. The van der Waals surface area contributed by atoms with Gasteiger partial charge >= 0.3 is 0 Å². The number of hydrogen-bond donors (Lipinski definition) is 1. The molecule has 1 aliphatic heterocycles. The molecular formula is C14H15N5O3S. The molecule has 3 rings (SSSR count). The fourth-order valence-electron chi connectivity index (χ4n) is 2.75. The summed E-state index contributed by atoms with van der Waals surface area (Å²) >= 11 is 0. The Morgan fingerprint density at radius 1 is 1.39 bits per heavy atom. The lowest BCUT2D eigenvalue weighted by Gasteiger charge is -2.22. The van der Waals surface area contributed by atoms with Crippen molar-refractivity contribution in [3.63, 3.8) is 0 Å². The van der Waals surface area contributed by atoms with Gasteiger partial charge in [-0.15, -0.1) is 5.10 Å². The van der Waals surface area contributed by atoms with E-state index in [4.69, 9.17) is 5.73 Å². The first kappa shape index (κ1) is 15.3. The molecular weight excluding hydrogens is 318 g/mol. The van der Waals surface area contributed by atoms with Gasteiger partial charge in [0.2, 0.25) is 5.91 Å². The second kappa shape index (κ2) is 5.27. The molecule has 1 amide bonds. The summed E-state index contributed by atoms with van der Waals surface area (Å²) in [5, 5.41) is 11.2. The highest BCUT2D eigenvalue weighted by molar-refractivity contribution is 7.91. The van der Waals surface area contributed by atoms with Crippen LogP contribution in [-0.4, -0.2) is 40.3 Å². The van der Waals surface area contributed by atoms with Crippen LogP contribution >= 0.6 is 0 Å². The first-order valence-electron chi connectivity index (χ1n) is 6.90.